The number of oxazole rings is 1. The molecule has 0 fully saturated rings. The fourth-order valence-electron chi connectivity index (χ4n) is 3.09. The first-order valence-electron chi connectivity index (χ1n) is 8.24. The lowest BCUT2D eigenvalue weighted by atomic mass is 10.1. The van der Waals surface area contributed by atoms with Crippen LogP contribution in [-0.4, -0.2) is 44.6 Å². The number of nitrogens with zero attached hydrogens (tertiary/aromatic N) is 3. The van der Waals surface area contributed by atoms with Crippen molar-refractivity contribution in [3.63, 3.8) is 0 Å². The summed E-state index contributed by atoms with van der Waals surface area (Å²) in [6, 6.07) is 9.17. The number of aliphatic hydroxyl groups excluding tert-OH is 1. The molecule has 3 aromatic heterocycles. The van der Waals surface area contributed by atoms with E-state index in [1.165, 1.54) is 0 Å². The number of aromatic nitrogens is 3. The maximum Gasteiger partial charge on any atom is 0.417 e. The molecule has 0 saturated heterocycles. The number of nitrogens with one attached hydrogen (secondary N) is 1. The Labute approximate surface area is 148 Å². The molecule has 0 aliphatic carbocycles. The molecule has 0 bridgehead atoms. The SMILES string of the molecule is CN(CCO)Cc1c(-c2ccc3[nH]c(=O)oc3c2)nc2ccc(N)cn12. The lowest BCUT2D eigenvalue weighted by Gasteiger charge is -2.16. The molecule has 0 saturated carbocycles. The van der Waals surface area contributed by atoms with Crippen LogP contribution in [-0.2, 0) is 6.54 Å². The monoisotopic (exact) mass is 353 g/mol. The Morgan fingerprint density at radius 2 is 2.19 bits per heavy atom. The Morgan fingerprint density at radius 3 is 3.00 bits per heavy atom. The molecule has 26 heavy (non-hydrogen) atoms. The van der Waals surface area contributed by atoms with Gasteiger partial charge in [-0.05, 0) is 31.3 Å². The number of fused-ring (bicyclic) bond motifs is 2. The van der Waals surface area contributed by atoms with E-state index >= 15 is 0 Å². The number of likely N-dealkylation sites (N-methyl/N-ethyl adjacent to an activating group) is 1. The molecule has 3 heterocycles. The minimum atomic E-state index is -0.483. The molecule has 0 spiro atoms. The van der Waals surface area contributed by atoms with Crippen molar-refractivity contribution in [2.75, 3.05) is 25.9 Å². The number of hydrogen-bond donors (Lipinski definition) is 3. The van der Waals surface area contributed by atoms with Crippen LogP contribution in [0.2, 0.25) is 0 Å². The van der Waals surface area contributed by atoms with E-state index in [9.17, 15) is 9.90 Å². The van der Waals surface area contributed by atoms with Crippen LogP contribution in [0.25, 0.3) is 28.0 Å². The van der Waals surface area contributed by atoms with Crippen LogP contribution < -0.4 is 11.5 Å². The highest BCUT2D eigenvalue weighted by Crippen LogP contribution is 2.28. The van der Waals surface area contributed by atoms with Crippen LogP contribution in [0.1, 0.15) is 5.69 Å². The van der Waals surface area contributed by atoms with Gasteiger partial charge in [-0.1, -0.05) is 6.07 Å². The van der Waals surface area contributed by atoms with Crippen LogP contribution in [0.5, 0.6) is 0 Å². The number of aromatic amines is 1. The third-order valence-corrected chi connectivity index (χ3v) is 4.34. The summed E-state index contributed by atoms with van der Waals surface area (Å²) in [5.74, 6) is -0.483. The number of aliphatic hydroxyl groups is 1. The fraction of sp³-hybridized carbons (Fsp3) is 0.222. The minimum Gasteiger partial charge on any atom is -0.408 e. The van der Waals surface area contributed by atoms with Gasteiger partial charge >= 0.3 is 5.76 Å². The van der Waals surface area contributed by atoms with Crippen LogP contribution in [0.4, 0.5) is 5.69 Å². The van der Waals surface area contributed by atoms with E-state index in [4.69, 9.17) is 15.1 Å². The Morgan fingerprint density at radius 1 is 1.35 bits per heavy atom. The zero-order valence-electron chi connectivity index (χ0n) is 14.3. The first-order valence-corrected chi connectivity index (χ1v) is 8.24. The molecule has 4 N–H and O–H groups in total. The van der Waals surface area contributed by atoms with E-state index in [-0.39, 0.29) is 6.61 Å². The van der Waals surface area contributed by atoms with Gasteiger partial charge in [-0.3, -0.25) is 9.88 Å². The van der Waals surface area contributed by atoms with Crippen molar-refractivity contribution >= 4 is 22.4 Å². The normalized spacial score (nSPS) is 11.8. The summed E-state index contributed by atoms with van der Waals surface area (Å²) in [6.45, 7) is 1.20. The highest BCUT2D eigenvalue weighted by molar-refractivity contribution is 5.80. The van der Waals surface area contributed by atoms with Crippen molar-refractivity contribution in [3.05, 3.63) is 52.8 Å². The van der Waals surface area contributed by atoms with Crippen molar-refractivity contribution in [1.29, 1.82) is 0 Å². The second-order valence-corrected chi connectivity index (χ2v) is 6.28. The van der Waals surface area contributed by atoms with Crippen LogP contribution in [0.3, 0.4) is 0 Å². The van der Waals surface area contributed by atoms with Crippen molar-refractivity contribution in [2.24, 2.45) is 0 Å². The molecule has 0 aliphatic heterocycles. The molecule has 1 aromatic carbocycles. The molecular formula is C18H19N5O3. The lowest BCUT2D eigenvalue weighted by molar-refractivity contribution is 0.216. The summed E-state index contributed by atoms with van der Waals surface area (Å²) in [4.78, 5) is 20.8. The molecular weight excluding hydrogens is 334 g/mol. The van der Waals surface area contributed by atoms with Gasteiger partial charge in [0.15, 0.2) is 5.58 Å². The minimum absolute atomic E-state index is 0.0746. The topological polar surface area (TPSA) is 113 Å². The molecule has 134 valence electrons. The number of hydrogen-bond acceptors (Lipinski definition) is 6. The second-order valence-electron chi connectivity index (χ2n) is 6.28. The molecule has 0 amide bonds. The lowest BCUT2D eigenvalue weighted by Crippen LogP contribution is -2.22. The number of nitrogen functional groups attached to an aromatic ring is 1. The number of anilines is 1. The molecule has 0 atom stereocenters. The van der Waals surface area contributed by atoms with Gasteiger partial charge in [0.05, 0.1) is 23.5 Å². The van der Waals surface area contributed by atoms with Gasteiger partial charge in [0, 0.05) is 30.5 Å². The molecule has 0 unspecified atom stereocenters. The Kier molecular flexibility index (Phi) is 3.98. The Hall–Kier alpha value is -3.10. The summed E-state index contributed by atoms with van der Waals surface area (Å²) in [5.41, 5.74) is 11.1. The van der Waals surface area contributed by atoms with E-state index < -0.39 is 5.76 Å². The molecule has 0 aliphatic rings. The largest absolute Gasteiger partial charge is 0.417 e. The van der Waals surface area contributed by atoms with Gasteiger partial charge in [-0.2, -0.15) is 0 Å². The summed E-state index contributed by atoms with van der Waals surface area (Å²) in [5, 5.41) is 9.20. The quantitative estimate of drug-likeness (QED) is 0.500. The number of imidazole rings is 1. The smallest absolute Gasteiger partial charge is 0.408 e. The molecule has 8 heteroatoms. The third kappa shape index (κ3) is 2.85. The summed E-state index contributed by atoms with van der Waals surface area (Å²) in [7, 11) is 1.93. The predicted octanol–water partition coefficient (Wildman–Crippen LogP) is 1.44. The molecule has 4 aromatic rings. The van der Waals surface area contributed by atoms with Gasteiger partial charge in [-0.15, -0.1) is 0 Å². The van der Waals surface area contributed by atoms with E-state index in [0.29, 0.717) is 29.9 Å². The van der Waals surface area contributed by atoms with Crippen LogP contribution >= 0.6 is 0 Å². The van der Waals surface area contributed by atoms with Crippen molar-refractivity contribution in [1.82, 2.24) is 19.3 Å². The zero-order valence-corrected chi connectivity index (χ0v) is 14.3. The first-order chi connectivity index (χ1) is 12.5. The highest BCUT2D eigenvalue weighted by Gasteiger charge is 2.17. The maximum absolute atomic E-state index is 11.4. The van der Waals surface area contributed by atoms with Crippen LogP contribution in [0, 0.1) is 0 Å². The van der Waals surface area contributed by atoms with Crippen molar-refractivity contribution < 1.29 is 9.52 Å². The van der Waals surface area contributed by atoms with Crippen molar-refractivity contribution in [3.8, 4) is 11.3 Å². The Bertz CT molecular complexity index is 1140. The van der Waals surface area contributed by atoms with E-state index in [2.05, 4.69) is 4.98 Å². The van der Waals surface area contributed by atoms with E-state index in [1.807, 2.05) is 40.7 Å². The van der Waals surface area contributed by atoms with Gasteiger partial charge in [0.2, 0.25) is 0 Å². The fourth-order valence-corrected chi connectivity index (χ4v) is 3.09. The van der Waals surface area contributed by atoms with Gasteiger partial charge in [-0.25, -0.2) is 9.78 Å². The predicted molar refractivity (Wildman–Crippen MR) is 98.9 cm³/mol. The standard InChI is InChI=1S/C18H19N5O3/c1-22(6-7-24)10-14-17(21-16-5-3-12(19)9-23(14)16)11-2-4-13-15(8-11)26-18(25)20-13/h2-5,8-9,24H,6-7,10,19H2,1H3,(H,20,25). The van der Waals surface area contributed by atoms with Gasteiger partial charge in [0.25, 0.3) is 0 Å². The molecule has 0 radical (unpaired) electrons. The summed E-state index contributed by atoms with van der Waals surface area (Å²) >= 11 is 0. The van der Waals surface area contributed by atoms with Gasteiger partial charge in [0.1, 0.15) is 5.65 Å². The number of benzene rings is 1. The molecule has 4 rings (SSSR count). The van der Waals surface area contributed by atoms with E-state index in [0.717, 1.165) is 22.6 Å². The zero-order chi connectivity index (χ0) is 18.3. The van der Waals surface area contributed by atoms with Crippen LogP contribution in [0.15, 0.2) is 45.7 Å². The third-order valence-electron chi connectivity index (χ3n) is 4.34. The Balaban J connectivity index is 1.90. The average molecular weight is 353 g/mol. The number of pyridine rings is 1. The summed E-state index contributed by atoms with van der Waals surface area (Å²) < 4.78 is 7.13. The number of H-pyrrole nitrogens is 1. The van der Waals surface area contributed by atoms with Gasteiger partial charge < -0.3 is 19.7 Å². The summed E-state index contributed by atoms with van der Waals surface area (Å²) in [6.07, 6.45) is 1.84. The average Bonchev–Trinajstić information content (AvgIpc) is 3.14. The molecule has 8 nitrogen and oxygen atoms in total. The van der Waals surface area contributed by atoms with E-state index in [1.54, 1.807) is 12.1 Å². The van der Waals surface area contributed by atoms with Crippen molar-refractivity contribution in [2.45, 2.75) is 6.54 Å². The second kappa shape index (κ2) is 6.32. The highest BCUT2D eigenvalue weighted by atomic mass is 16.4. The maximum atomic E-state index is 11.4. The first kappa shape index (κ1) is 16.4. The number of nitrogens with two attached hydrogens (primary N) is 1. The number of rotatable bonds is 5.